The van der Waals surface area contributed by atoms with E-state index >= 15 is 0 Å². The Hall–Kier alpha value is -1.92. The second kappa shape index (κ2) is 10.0. The summed E-state index contributed by atoms with van der Waals surface area (Å²) in [7, 11) is 0. The highest BCUT2D eigenvalue weighted by molar-refractivity contribution is 5.90. The molecule has 2 atom stereocenters. The highest BCUT2D eigenvalue weighted by Crippen LogP contribution is 2.25. The first kappa shape index (κ1) is 20.8. The van der Waals surface area contributed by atoms with Gasteiger partial charge in [0.1, 0.15) is 0 Å². The summed E-state index contributed by atoms with van der Waals surface area (Å²) in [4.78, 5) is 26.1. The summed E-state index contributed by atoms with van der Waals surface area (Å²) >= 11 is 0. The molecule has 0 bridgehead atoms. The largest absolute Gasteiger partial charge is 0.369 e. The number of piperidine rings is 2. The van der Waals surface area contributed by atoms with Gasteiger partial charge >= 0.3 is 0 Å². The molecule has 0 aromatic heterocycles. The summed E-state index contributed by atoms with van der Waals surface area (Å²) in [5.74, 6) is 0.927. The van der Waals surface area contributed by atoms with Gasteiger partial charge in [0, 0.05) is 25.2 Å². The minimum absolute atomic E-state index is 0.0331. The number of hydrogen-bond donors (Lipinski definition) is 3. The van der Waals surface area contributed by atoms with Gasteiger partial charge in [0.15, 0.2) is 0 Å². The monoisotopic (exact) mass is 386 g/mol. The molecule has 154 valence electrons. The number of nitrogens with one attached hydrogen (secondary N) is 2. The van der Waals surface area contributed by atoms with Gasteiger partial charge in [0.2, 0.25) is 11.8 Å². The Bertz CT molecular complexity index is 655. The summed E-state index contributed by atoms with van der Waals surface area (Å²) < 4.78 is 0. The van der Waals surface area contributed by atoms with Gasteiger partial charge in [-0.15, -0.1) is 0 Å². The van der Waals surface area contributed by atoms with Crippen LogP contribution in [0, 0.1) is 17.8 Å². The van der Waals surface area contributed by atoms with Crippen molar-refractivity contribution in [1.82, 2.24) is 10.2 Å². The quantitative estimate of drug-likeness (QED) is 0.671. The zero-order chi connectivity index (χ0) is 19.9. The standard InChI is InChI=1S/C22H34N4O2/c1-16(18-8-10-24-11-9-18)13-21(27)25-20-6-4-17(5-7-20)14-26-12-2-3-19(15-26)22(23)28/h4-7,16,18-19,24H,2-3,8-15H2,1H3,(H2,23,28)(H,25,27). The lowest BCUT2D eigenvalue weighted by Gasteiger charge is -2.31. The predicted molar refractivity (Wildman–Crippen MR) is 112 cm³/mol. The first-order chi connectivity index (χ1) is 13.5. The van der Waals surface area contributed by atoms with E-state index in [2.05, 4.69) is 34.6 Å². The molecule has 1 aromatic rings. The van der Waals surface area contributed by atoms with E-state index in [4.69, 9.17) is 5.73 Å². The fraction of sp³-hybridized carbons (Fsp3) is 0.636. The molecule has 0 radical (unpaired) electrons. The number of rotatable bonds is 7. The van der Waals surface area contributed by atoms with Gasteiger partial charge in [-0.3, -0.25) is 14.5 Å². The fourth-order valence-electron chi connectivity index (χ4n) is 4.47. The zero-order valence-corrected chi connectivity index (χ0v) is 17.0. The van der Waals surface area contributed by atoms with Crippen molar-refractivity contribution in [2.75, 3.05) is 31.5 Å². The predicted octanol–water partition coefficient (Wildman–Crippen LogP) is 2.35. The number of amides is 2. The van der Waals surface area contributed by atoms with Crippen molar-refractivity contribution < 1.29 is 9.59 Å². The Kier molecular flexibility index (Phi) is 7.45. The van der Waals surface area contributed by atoms with Gasteiger partial charge in [-0.1, -0.05) is 19.1 Å². The number of benzene rings is 1. The molecule has 2 fully saturated rings. The van der Waals surface area contributed by atoms with Crippen LogP contribution in [0.5, 0.6) is 0 Å². The average molecular weight is 387 g/mol. The van der Waals surface area contributed by atoms with E-state index in [-0.39, 0.29) is 17.7 Å². The van der Waals surface area contributed by atoms with Crippen LogP contribution in [0.25, 0.3) is 0 Å². The molecule has 2 heterocycles. The Morgan fingerprint density at radius 2 is 1.93 bits per heavy atom. The van der Waals surface area contributed by atoms with Crippen LogP contribution < -0.4 is 16.4 Å². The third-order valence-electron chi connectivity index (χ3n) is 6.25. The van der Waals surface area contributed by atoms with E-state index in [0.29, 0.717) is 18.3 Å². The Morgan fingerprint density at radius 1 is 1.21 bits per heavy atom. The maximum Gasteiger partial charge on any atom is 0.224 e. The lowest BCUT2D eigenvalue weighted by Crippen LogP contribution is -2.40. The Balaban J connectivity index is 1.46. The normalized spacial score (nSPS) is 22.5. The van der Waals surface area contributed by atoms with Gasteiger partial charge in [0.25, 0.3) is 0 Å². The molecular weight excluding hydrogens is 352 g/mol. The van der Waals surface area contributed by atoms with Crippen molar-refractivity contribution in [2.45, 2.75) is 45.6 Å². The van der Waals surface area contributed by atoms with Crippen LogP contribution in [-0.4, -0.2) is 42.9 Å². The molecule has 2 saturated heterocycles. The smallest absolute Gasteiger partial charge is 0.224 e. The van der Waals surface area contributed by atoms with Crippen LogP contribution >= 0.6 is 0 Å². The van der Waals surface area contributed by atoms with Gasteiger partial charge < -0.3 is 16.4 Å². The molecule has 3 rings (SSSR count). The SMILES string of the molecule is CC(CC(=O)Nc1ccc(CN2CCCC(C(N)=O)C2)cc1)C1CCNCC1. The first-order valence-electron chi connectivity index (χ1n) is 10.6. The molecule has 6 heteroatoms. The van der Waals surface area contributed by atoms with Crippen molar-refractivity contribution in [3.05, 3.63) is 29.8 Å². The molecule has 0 aliphatic carbocycles. The summed E-state index contributed by atoms with van der Waals surface area (Å²) in [6.45, 7) is 6.87. The molecule has 4 N–H and O–H groups in total. The van der Waals surface area contributed by atoms with Crippen LogP contribution in [0.15, 0.2) is 24.3 Å². The Labute approximate surface area is 168 Å². The van der Waals surface area contributed by atoms with Crippen molar-refractivity contribution in [3.8, 4) is 0 Å². The Morgan fingerprint density at radius 3 is 2.61 bits per heavy atom. The van der Waals surface area contributed by atoms with Crippen LogP contribution in [0.2, 0.25) is 0 Å². The van der Waals surface area contributed by atoms with Crippen LogP contribution in [0.1, 0.15) is 44.6 Å². The van der Waals surface area contributed by atoms with Crippen LogP contribution in [0.4, 0.5) is 5.69 Å². The second-order valence-corrected chi connectivity index (χ2v) is 8.49. The molecule has 2 aliphatic heterocycles. The van der Waals surface area contributed by atoms with Crippen molar-refractivity contribution in [1.29, 1.82) is 0 Å². The maximum absolute atomic E-state index is 12.4. The highest BCUT2D eigenvalue weighted by Gasteiger charge is 2.24. The summed E-state index contributed by atoms with van der Waals surface area (Å²) in [5.41, 5.74) is 7.50. The van der Waals surface area contributed by atoms with Gasteiger partial charge in [-0.25, -0.2) is 0 Å². The third-order valence-corrected chi connectivity index (χ3v) is 6.25. The lowest BCUT2D eigenvalue weighted by molar-refractivity contribution is -0.123. The van der Waals surface area contributed by atoms with E-state index in [9.17, 15) is 9.59 Å². The molecule has 28 heavy (non-hydrogen) atoms. The van der Waals surface area contributed by atoms with E-state index in [1.54, 1.807) is 0 Å². The molecule has 2 aliphatic rings. The number of nitrogens with zero attached hydrogens (tertiary/aromatic N) is 1. The minimum Gasteiger partial charge on any atom is -0.369 e. The number of nitrogens with two attached hydrogens (primary N) is 1. The van der Waals surface area contributed by atoms with Gasteiger partial charge in [-0.2, -0.15) is 0 Å². The third kappa shape index (κ3) is 6.04. The van der Waals surface area contributed by atoms with Crippen LogP contribution in [0.3, 0.4) is 0 Å². The molecule has 0 spiro atoms. The average Bonchev–Trinajstić information content (AvgIpc) is 2.70. The molecule has 2 amide bonds. The van der Waals surface area contributed by atoms with Crippen LogP contribution in [-0.2, 0) is 16.1 Å². The summed E-state index contributed by atoms with van der Waals surface area (Å²) in [5, 5.41) is 6.41. The fourth-order valence-corrected chi connectivity index (χ4v) is 4.47. The van der Waals surface area contributed by atoms with E-state index in [1.165, 1.54) is 5.56 Å². The topological polar surface area (TPSA) is 87.5 Å². The number of carbonyl (C=O) groups excluding carboxylic acids is 2. The molecule has 1 aromatic carbocycles. The van der Waals surface area contributed by atoms with E-state index in [0.717, 1.165) is 64.1 Å². The summed E-state index contributed by atoms with van der Waals surface area (Å²) in [6.07, 6.45) is 4.81. The zero-order valence-electron chi connectivity index (χ0n) is 17.0. The minimum atomic E-state index is -0.193. The number of likely N-dealkylation sites (tertiary alicyclic amines) is 1. The first-order valence-corrected chi connectivity index (χ1v) is 10.6. The van der Waals surface area contributed by atoms with Gasteiger partial charge in [0.05, 0.1) is 5.92 Å². The highest BCUT2D eigenvalue weighted by atomic mass is 16.2. The molecule has 2 unspecified atom stereocenters. The van der Waals surface area contributed by atoms with Crippen molar-refractivity contribution in [3.63, 3.8) is 0 Å². The van der Waals surface area contributed by atoms with Gasteiger partial charge in [-0.05, 0) is 74.8 Å². The number of primary amides is 1. The number of anilines is 1. The molecule has 6 nitrogen and oxygen atoms in total. The number of hydrogen-bond acceptors (Lipinski definition) is 4. The van der Waals surface area contributed by atoms with E-state index in [1.807, 2.05) is 12.1 Å². The van der Waals surface area contributed by atoms with Crippen molar-refractivity contribution >= 4 is 17.5 Å². The molecular formula is C22H34N4O2. The van der Waals surface area contributed by atoms with Crippen molar-refractivity contribution in [2.24, 2.45) is 23.5 Å². The second-order valence-electron chi connectivity index (χ2n) is 8.49. The summed E-state index contributed by atoms with van der Waals surface area (Å²) in [6, 6.07) is 8.05. The lowest BCUT2D eigenvalue weighted by atomic mass is 9.84. The maximum atomic E-state index is 12.4. The molecule has 0 saturated carbocycles. The number of carbonyl (C=O) groups is 2. The van der Waals surface area contributed by atoms with E-state index < -0.39 is 0 Å².